The minimum Gasteiger partial charge on any atom is -0.478 e. The average Bonchev–Trinajstić information content (AvgIpc) is 1.85. The molecule has 1 unspecified atom stereocenters. The fourth-order valence-electron chi connectivity index (χ4n) is 0.585. The Morgan fingerprint density at radius 2 is 2.30 bits per heavy atom. The molecule has 0 saturated heterocycles. The van der Waals surface area contributed by atoms with Gasteiger partial charge in [-0.2, -0.15) is 0 Å². The summed E-state index contributed by atoms with van der Waals surface area (Å²) >= 11 is 0. The Balaban J connectivity index is 3.55. The lowest BCUT2D eigenvalue weighted by atomic mass is 10.2. The molecular weight excluding hydrogens is 132 g/mol. The zero-order chi connectivity index (χ0) is 7.98. The number of rotatable bonds is 4. The summed E-state index contributed by atoms with van der Waals surface area (Å²) in [6.07, 6.45) is 3.10. The van der Waals surface area contributed by atoms with Crippen molar-refractivity contribution in [3.8, 4) is 0 Å². The second kappa shape index (κ2) is 4.99. The van der Waals surface area contributed by atoms with E-state index in [4.69, 9.17) is 10.2 Å². The molecule has 0 heterocycles. The molecule has 0 aliphatic rings. The van der Waals surface area contributed by atoms with Gasteiger partial charge in [-0.15, -0.1) is 0 Å². The van der Waals surface area contributed by atoms with Crippen LogP contribution >= 0.6 is 0 Å². The van der Waals surface area contributed by atoms with Gasteiger partial charge >= 0.3 is 5.97 Å². The van der Waals surface area contributed by atoms with Crippen molar-refractivity contribution in [2.24, 2.45) is 0 Å². The summed E-state index contributed by atoms with van der Waals surface area (Å²) in [6, 6.07) is 0. The molecule has 0 aliphatic carbocycles. The molecule has 3 heteroatoms. The smallest absolute Gasteiger partial charge is 0.328 e. The maximum absolute atomic E-state index is 9.91. The molecule has 0 saturated carbocycles. The van der Waals surface area contributed by atoms with Gasteiger partial charge in [-0.1, -0.05) is 13.3 Å². The number of aliphatic hydroxyl groups excluding tert-OH is 1. The topological polar surface area (TPSA) is 57.5 Å². The van der Waals surface area contributed by atoms with E-state index in [0.717, 1.165) is 12.5 Å². The lowest BCUT2D eigenvalue weighted by Crippen LogP contribution is -2.01. The van der Waals surface area contributed by atoms with Crippen molar-refractivity contribution in [1.29, 1.82) is 0 Å². The Morgan fingerprint density at radius 3 is 2.70 bits per heavy atom. The minimum atomic E-state index is -1.02. The van der Waals surface area contributed by atoms with Gasteiger partial charge in [0.05, 0.1) is 6.10 Å². The fraction of sp³-hybridized carbons (Fsp3) is 0.571. The van der Waals surface area contributed by atoms with Gasteiger partial charge in [-0.3, -0.25) is 0 Å². The Morgan fingerprint density at radius 1 is 1.70 bits per heavy atom. The van der Waals surface area contributed by atoms with E-state index in [0.29, 0.717) is 6.42 Å². The number of aliphatic carboxylic acids is 1. The van der Waals surface area contributed by atoms with E-state index in [-0.39, 0.29) is 0 Å². The molecule has 0 rings (SSSR count). The standard InChI is InChI=1S/C7H12O3/c1-2-3-6(8)4-5-7(9)10/h4-6,8H,2-3H2,1H3,(H,9,10). The third-order valence-electron chi connectivity index (χ3n) is 1.05. The van der Waals surface area contributed by atoms with Gasteiger partial charge in [0.25, 0.3) is 0 Å². The Hall–Kier alpha value is -0.830. The molecule has 0 amide bonds. The normalized spacial score (nSPS) is 13.8. The number of aliphatic hydroxyl groups is 1. The van der Waals surface area contributed by atoms with Crippen LogP contribution in [-0.4, -0.2) is 22.3 Å². The molecule has 0 fully saturated rings. The predicted molar refractivity (Wildman–Crippen MR) is 37.7 cm³/mol. The molecule has 10 heavy (non-hydrogen) atoms. The van der Waals surface area contributed by atoms with E-state index >= 15 is 0 Å². The Kier molecular flexibility index (Phi) is 4.58. The van der Waals surface area contributed by atoms with Crippen LogP contribution in [-0.2, 0) is 4.79 Å². The summed E-state index contributed by atoms with van der Waals surface area (Å²) < 4.78 is 0. The summed E-state index contributed by atoms with van der Waals surface area (Å²) in [5.41, 5.74) is 0. The van der Waals surface area contributed by atoms with Crippen molar-refractivity contribution in [1.82, 2.24) is 0 Å². The highest BCUT2D eigenvalue weighted by molar-refractivity contribution is 5.79. The Labute approximate surface area is 60.0 Å². The van der Waals surface area contributed by atoms with E-state index < -0.39 is 12.1 Å². The molecule has 1 atom stereocenters. The fourth-order valence-corrected chi connectivity index (χ4v) is 0.585. The Bertz CT molecular complexity index is 129. The average molecular weight is 144 g/mol. The lowest BCUT2D eigenvalue weighted by molar-refractivity contribution is -0.131. The SMILES string of the molecule is CCCC(O)C=CC(=O)O. The van der Waals surface area contributed by atoms with Crippen LogP contribution in [0.3, 0.4) is 0 Å². The highest BCUT2D eigenvalue weighted by atomic mass is 16.4. The van der Waals surface area contributed by atoms with Crippen molar-refractivity contribution in [2.75, 3.05) is 0 Å². The van der Waals surface area contributed by atoms with E-state index in [9.17, 15) is 4.79 Å². The van der Waals surface area contributed by atoms with Gasteiger partial charge in [0.1, 0.15) is 0 Å². The third-order valence-corrected chi connectivity index (χ3v) is 1.05. The van der Waals surface area contributed by atoms with Crippen LogP contribution in [0.25, 0.3) is 0 Å². The first-order chi connectivity index (χ1) is 4.66. The first kappa shape index (κ1) is 9.17. The van der Waals surface area contributed by atoms with Crippen LogP contribution in [0.15, 0.2) is 12.2 Å². The van der Waals surface area contributed by atoms with Crippen LogP contribution in [0.2, 0.25) is 0 Å². The van der Waals surface area contributed by atoms with E-state index in [2.05, 4.69) is 0 Å². The second-order valence-corrected chi connectivity index (χ2v) is 2.05. The largest absolute Gasteiger partial charge is 0.478 e. The van der Waals surface area contributed by atoms with Gasteiger partial charge in [0.2, 0.25) is 0 Å². The second-order valence-electron chi connectivity index (χ2n) is 2.05. The number of carboxylic acids is 1. The summed E-state index contributed by atoms with van der Waals surface area (Å²) in [4.78, 5) is 9.91. The van der Waals surface area contributed by atoms with Gasteiger partial charge in [-0.25, -0.2) is 4.79 Å². The van der Waals surface area contributed by atoms with Crippen molar-refractivity contribution in [3.05, 3.63) is 12.2 Å². The summed E-state index contributed by atoms with van der Waals surface area (Å²) in [5, 5.41) is 17.1. The van der Waals surface area contributed by atoms with Crippen LogP contribution in [0.1, 0.15) is 19.8 Å². The molecule has 0 bridgehead atoms. The quantitative estimate of drug-likeness (QED) is 0.573. The van der Waals surface area contributed by atoms with Gasteiger partial charge in [0.15, 0.2) is 0 Å². The number of carboxylic acid groups (broad SMARTS) is 1. The number of hydrogen-bond acceptors (Lipinski definition) is 2. The third kappa shape index (κ3) is 5.31. The first-order valence-electron chi connectivity index (χ1n) is 3.26. The molecule has 0 radical (unpaired) electrons. The minimum absolute atomic E-state index is 0.610. The molecule has 0 aromatic heterocycles. The molecule has 3 nitrogen and oxygen atoms in total. The van der Waals surface area contributed by atoms with Crippen molar-refractivity contribution >= 4 is 5.97 Å². The van der Waals surface area contributed by atoms with Gasteiger partial charge < -0.3 is 10.2 Å². The molecule has 0 aromatic rings. The van der Waals surface area contributed by atoms with Gasteiger partial charge in [0, 0.05) is 6.08 Å². The molecule has 0 spiro atoms. The van der Waals surface area contributed by atoms with Crippen molar-refractivity contribution < 1.29 is 15.0 Å². The maximum Gasteiger partial charge on any atom is 0.328 e. The van der Waals surface area contributed by atoms with Crippen LogP contribution < -0.4 is 0 Å². The molecule has 0 aromatic carbocycles. The molecule has 58 valence electrons. The summed E-state index contributed by atoms with van der Waals surface area (Å²) in [6.45, 7) is 1.93. The maximum atomic E-state index is 9.91. The molecule has 0 aliphatic heterocycles. The predicted octanol–water partition coefficient (Wildman–Crippen LogP) is 0.788. The van der Waals surface area contributed by atoms with E-state index in [1.165, 1.54) is 6.08 Å². The first-order valence-corrected chi connectivity index (χ1v) is 3.26. The van der Waals surface area contributed by atoms with E-state index in [1.807, 2.05) is 6.92 Å². The molecule has 2 N–H and O–H groups in total. The lowest BCUT2D eigenvalue weighted by Gasteiger charge is -1.99. The van der Waals surface area contributed by atoms with Gasteiger partial charge in [-0.05, 0) is 12.5 Å². The zero-order valence-corrected chi connectivity index (χ0v) is 5.95. The highest BCUT2D eigenvalue weighted by Gasteiger charge is 1.96. The summed E-state index contributed by atoms with van der Waals surface area (Å²) in [5.74, 6) is -1.02. The number of carbonyl (C=O) groups is 1. The van der Waals surface area contributed by atoms with Crippen LogP contribution in [0.5, 0.6) is 0 Å². The number of hydrogen-bond donors (Lipinski definition) is 2. The molecular formula is C7H12O3. The summed E-state index contributed by atoms with van der Waals surface area (Å²) in [7, 11) is 0. The zero-order valence-electron chi connectivity index (χ0n) is 5.95. The van der Waals surface area contributed by atoms with E-state index in [1.54, 1.807) is 0 Å². The van der Waals surface area contributed by atoms with Crippen LogP contribution in [0, 0.1) is 0 Å². The highest BCUT2D eigenvalue weighted by Crippen LogP contribution is 1.96. The monoisotopic (exact) mass is 144 g/mol. The van der Waals surface area contributed by atoms with Crippen molar-refractivity contribution in [3.63, 3.8) is 0 Å². The van der Waals surface area contributed by atoms with Crippen LogP contribution in [0.4, 0.5) is 0 Å². The van der Waals surface area contributed by atoms with Crippen molar-refractivity contribution in [2.45, 2.75) is 25.9 Å².